The Hall–Kier alpha value is -2.48. The lowest BCUT2D eigenvalue weighted by atomic mass is 9.99. The predicted octanol–water partition coefficient (Wildman–Crippen LogP) is 2.81. The summed E-state index contributed by atoms with van der Waals surface area (Å²) in [6, 6.07) is 3.51. The normalized spacial score (nSPS) is 13.4. The maximum Gasteiger partial charge on any atom is 0.310 e. The number of aromatic nitrogens is 1. The first kappa shape index (κ1) is 15.9. The van der Waals surface area contributed by atoms with E-state index in [2.05, 4.69) is 10.3 Å². The maximum absolute atomic E-state index is 12.3. The molecule has 1 heterocycles. The van der Waals surface area contributed by atoms with Crippen LogP contribution in [-0.2, 0) is 5.54 Å². The van der Waals surface area contributed by atoms with Crippen molar-refractivity contribution in [2.45, 2.75) is 25.8 Å². The second-order valence-electron chi connectivity index (χ2n) is 4.94. The maximum atomic E-state index is 12.3. The molecular formula is C14H15N3O4S. The summed E-state index contributed by atoms with van der Waals surface area (Å²) in [6.45, 7) is 3.78. The van der Waals surface area contributed by atoms with Crippen LogP contribution < -0.4 is 5.32 Å². The van der Waals surface area contributed by atoms with Gasteiger partial charge in [-0.05, 0) is 25.5 Å². The summed E-state index contributed by atoms with van der Waals surface area (Å²) in [4.78, 5) is 26.5. The van der Waals surface area contributed by atoms with E-state index in [-0.39, 0.29) is 5.56 Å². The van der Waals surface area contributed by atoms with Crippen molar-refractivity contribution in [1.29, 1.82) is 0 Å². The van der Waals surface area contributed by atoms with Crippen LogP contribution in [0.2, 0.25) is 0 Å². The number of phenols is 1. The molecular weight excluding hydrogens is 306 g/mol. The van der Waals surface area contributed by atoms with Crippen molar-refractivity contribution in [3.8, 4) is 5.75 Å². The number of hydrogen-bond acceptors (Lipinski definition) is 6. The fraction of sp³-hybridized carbons (Fsp3) is 0.286. The monoisotopic (exact) mass is 321 g/mol. The Labute approximate surface area is 130 Å². The van der Waals surface area contributed by atoms with Crippen LogP contribution in [0.4, 0.5) is 5.69 Å². The molecule has 8 heteroatoms. The zero-order valence-electron chi connectivity index (χ0n) is 12.1. The number of nitro groups is 1. The molecule has 116 valence electrons. The topological polar surface area (TPSA) is 105 Å². The van der Waals surface area contributed by atoms with Gasteiger partial charge in [-0.3, -0.25) is 14.9 Å². The fourth-order valence-corrected chi connectivity index (χ4v) is 2.76. The van der Waals surface area contributed by atoms with Crippen LogP contribution in [0.3, 0.4) is 0 Å². The van der Waals surface area contributed by atoms with Gasteiger partial charge in [0.2, 0.25) is 0 Å². The van der Waals surface area contributed by atoms with Crippen molar-refractivity contribution >= 4 is 22.9 Å². The number of nitrogens with zero attached hydrogens (tertiary/aromatic N) is 2. The molecule has 22 heavy (non-hydrogen) atoms. The molecule has 0 aliphatic rings. The smallest absolute Gasteiger partial charge is 0.310 e. The van der Waals surface area contributed by atoms with E-state index in [1.165, 1.54) is 17.4 Å². The number of nitrogens with one attached hydrogen (secondary N) is 1. The van der Waals surface area contributed by atoms with Crippen molar-refractivity contribution < 1.29 is 14.8 Å². The van der Waals surface area contributed by atoms with Crippen LogP contribution in [0.5, 0.6) is 5.75 Å². The molecule has 0 bridgehead atoms. The first-order valence-corrected chi connectivity index (χ1v) is 7.45. The van der Waals surface area contributed by atoms with E-state index in [1.54, 1.807) is 6.20 Å². The Bertz CT molecular complexity index is 702. The summed E-state index contributed by atoms with van der Waals surface area (Å²) < 4.78 is 0. The van der Waals surface area contributed by atoms with E-state index < -0.39 is 27.8 Å². The number of rotatable bonds is 5. The molecule has 0 aliphatic carbocycles. The van der Waals surface area contributed by atoms with Crippen molar-refractivity contribution in [2.75, 3.05) is 0 Å². The van der Waals surface area contributed by atoms with E-state index in [4.69, 9.17) is 0 Å². The molecule has 1 aromatic heterocycles. The van der Waals surface area contributed by atoms with Crippen LogP contribution in [0.15, 0.2) is 29.8 Å². The van der Waals surface area contributed by atoms with Crippen molar-refractivity contribution in [2.24, 2.45) is 0 Å². The highest BCUT2D eigenvalue weighted by atomic mass is 32.1. The van der Waals surface area contributed by atoms with Crippen LogP contribution in [-0.4, -0.2) is 20.9 Å². The lowest BCUT2D eigenvalue weighted by Crippen LogP contribution is -2.43. The summed E-state index contributed by atoms with van der Waals surface area (Å²) in [6.07, 6.45) is 2.29. The van der Waals surface area contributed by atoms with Crippen LogP contribution >= 0.6 is 11.3 Å². The Morgan fingerprint density at radius 2 is 2.27 bits per heavy atom. The van der Waals surface area contributed by atoms with E-state index in [0.29, 0.717) is 6.42 Å². The number of benzene rings is 1. The van der Waals surface area contributed by atoms with Crippen molar-refractivity contribution in [1.82, 2.24) is 10.3 Å². The molecule has 2 rings (SSSR count). The number of amides is 1. The van der Waals surface area contributed by atoms with Gasteiger partial charge in [-0.15, -0.1) is 11.3 Å². The molecule has 0 fully saturated rings. The van der Waals surface area contributed by atoms with E-state index >= 15 is 0 Å². The van der Waals surface area contributed by atoms with Gasteiger partial charge in [0.15, 0.2) is 5.75 Å². The van der Waals surface area contributed by atoms with Gasteiger partial charge in [-0.1, -0.05) is 6.92 Å². The molecule has 1 aromatic carbocycles. The first-order chi connectivity index (χ1) is 10.4. The van der Waals surface area contributed by atoms with Crippen LogP contribution in [0, 0.1) is 10.1 Å². The SMILES string of the molecule is CCC(C)(NC(=O)c1ccc([N+](=O)[O-])c(O)c1)c1nccs1. The van der Waals surface area contributed by atoms with Gasteiger partial charge in [-0.25, -0.2) is 4.98 Å². The molecule has 2 aromatic rings. The molecule has 1 amide bonds. The molecule has 2 N–H and O–H groups in total. The Morgan fingerprint density at radius 3 is 2.77 bits per heavy atom. The minimum Gasteiger partial charge on any atom is -0.502 e. The fourth-order valence-electron chi connectivity index (χ4n) is 1.93. The third kappa shape index (κ3) is 3.06. The van der Waals surface area contributed by atoms with E-state index in [0.717, 1.165) is 17.1 Å². The largest absolute Gasteiger partial charge is 0.502 e. The van der Waals surface area contributed by atoms with Gasteiger partial charge in [-0.2, -0.15) is 0 Å². The Kier molecular flexibility index (Phi) is 4.41. The summed E-state index contributed by atoms with van der Waals surface area (Å²) >= 11 is 1.44. The molecule has 0 radical (unpaired) electrons. The predicted molar refractivity (Wildman–Crippen MR) is 82.0 cm³/mol. The minimum absolute atomic E-state index is 0.152. The van der Waals surface area contributed by atoms with Gasteiger partial charge in [0.05, 0.1) is 10.5 Å². The highest BCUT2D eigenvalue weighted by molar-refractivity contribution is 7.09. The highest BCUT2D eigenvalue weighted by Gasteiger charge is 2.30. The third-order valence-electron chi connectivity index (χ3n) is 3.44. The molecule has 0 saturated heterocycles. The lowest BCUT2D eigenvalue weighted by Gasteiger charge is -2.27. The zero-order chi connectivity index (χ0) is 16.3. The lowest BCUT2D eigenvalue weighted by molar-refractivity contribution is -0.385. The van der Waals surface area contributed by atoms with Gasteiger partial charge in [0, 0.05) is 23.2 Å². The second-order valence-corrected chi connectivity index (χ2v) is 5.83. The minimum atomic E-state index is -0.706. The number of hydrogen-bond donors (Lipinski definition) is 2. The molecule has 1 atom stereocenters. The molecule has 0 spiro atoms. The highest BCUT2D eigenvalue weighted by Crippen LogP contribution is 2.29. The van der Waals surface area contributed by atoms with Crippen LogP contribution in [0.1, 0.15) is 35.6 Å². The zero-order valence-corrected chi connectivity index (χ0v) is 12.9. The summed E-state index contributed by atoms with van der Waals surface area (Å²) in [5.41, 5.74) is -0.920. The average Bonchev–Trinajstić information content (AvgIpc) is 3.01. The Balaban J connectivity index is 2.25. The summed E-state index contributed by atoms with van der Waals surface area (Å²) in [5.74, 6) is -0.963. The molecule has 1 unspecified atom stereocenters. The average molecular weight is 321 g/mol. The quantitative estimate of drug-likeness (QED) is 0.650. The number of thiazole rings is 1. The number of carbonyl (C=O) groups is 1. The van der Waals surface area contributed by atoms with Gasteiger partial charge < -0.3 is 10.4 Å². The van der Waals surface area contributed by atoms with Gasteiger partial charge in [0.25, 0.3) is 5.91 Å². The van der Waals surface area contributed by atoms with E-state index in [1.807, 2.05) is 19.2 Å². The number of nitro benzene ring substituents is 1. The van der Waals surface area contributed by atoms with Gasteiger partial charge >= 0.3 is 5.69 Å². The Morgan fingerprint density at radius 1 is 1.55 bits per heavy atom. The first-order valence-electron chi connectivity index (χ1n) is 6.57. The number of phenolic OH excluding ortho intramolecular Hbond substituents is 1. The second kappa shape index (κ2) is 6.10. The molecule has 0 saturated carbocycles. The molecule has 0 aliphatic heterocycles. The molecule has 7 nitrogen and oxygen atoms in total. The summed E-state index contributed by atoms with van der Waals surface area (Å²) in [5, 5.41) is 25.8. The summed E-state index contributed by atoms with van der Waals surface area (Å²) in [7, 11) is 0. The van der Waals surface area contributed by atoms with Crippen LogP contribution in [0.25, 0.3) is 0 Å². The van der Waals surface area contributed by atoms with E-state index in [9.17, 15) is 20.0 Å². The van der Waals surface area contributed by atoms with Crippen molar-refractivity contribution in [3.05, 3.63) is 50.5 Å². The number of carbonyl (C=O) groups excluding carboxylic acids is 1. The van der Waals surface area contributed by atoms with Gasteiger partial charge in [0.1, 0.15) is 5.01 Å². The van der Waals surface area contributed by atoms with Crippen molar-refractivity contribution in [3.63, 3.8) is 0 Å². The number of aromatic hydroxyl groups is 1. The standard InChI is InChI=1S/C14H15N3O4S/c1-3-14(2,13-15-6-7-22-13)16-12(19)9-4-5-10(17(20)21)11(18)8-9/h4-8,18H,3H2,1-2H3,(H,16,19). The third-order valence-corrected chi connectivity index (χ3v) is 4.47.